The molecule has 2 unspecified atom stereocenters. The van der Waals surface area contributed by atoms with Gasteiger partial charge in [-0.15, -0.1) is 0 Å². The van der Waals surface area contributed by atoms with E-state index in [0.29, 0.717) is 13.0 Å². The number of halogens is 3. The molecule has 8 heteroatoms. The lowest BCUT2D eigenvalue weighted by Gasteiger charge is -2.23. The summed E-state index contributed by atoms with van der Waals surface area (Å²) in [7, 11) is 0. The van der Waals surface area contributed by atoms with E-state index in [9.17, 15) is 13.2 Å². The highest BCUT2D eigenvalue weighted by atomic mass is 19.4. The summed E-state index contributed by atoms with van der Waals surface area (Å²) in [6.07, 6.45) is -7.44. The second-order valence-electron chi connectivity index (χ2n) is 4.29. The molecule has 0 spiro atoms. The summed E-state index contributed by atoms with van der Waals surface area (Å²) in [6.45, 7) is 5.78. The van der Waals surface area contributed by atoms with Crippen LogP contribution in [0.5, 0.6) is 0 Å². The first-order valence-electron chi connectivity index (χ1n) is 5.94. The Hall–Kier alpha value is -1.15. The second kappa shape index (κ2) is 5.87. The standard InChI is InChI=1S/C11H17F3N2O3/c1-4-10(3,18-5-2)9-15-8(19-16-9)6-7(17)11(12,13)14/h7,17H,4-6H2,1-3H3. The zero-order chi connectivity index (χ0) is 14.7. The predicted molar refractivity (Wildman–Crippen MR) is 59.3 cm³/mol. The molecule has 0 aliphatic heterocycles. The molecule has 1 heterocycles. The summed E-state index contributed by atoms with van der Waals surface area (Å²) < 4.78 is 46.8. The average Bonchev–Trinajstić information content (AvgIpc) is 2.77. The minimum Gasteiger partial charge on any atom is -0.383 e. The molecule has 5 nitrogen and oxygen atoms in total. The average molecular weight is 282 g/mol. The van der Waals surface area contributed by atoms with Crippen molar-refractivity contribution in [2.24, 2.45) is 0 Å². The number of nitrogens with zero attached hydrogens (tertiary/aromatic N) is 2. The summed E-state index contributed by atoms with van der Waals surface area (Å²) >= 11 is 0. The third kappa shape index (κ3) is 3.90. The van der Waals surface area contributed by atoms with Gasteiger partial charge in [0.05, 0.1) is 6.42 Å². The number of hydrogen-bond acceptors (Lipinski definition) is 5. The fourth-order valence-corrected chi connectivity index (χ4v) is 1.48. The molecule has 0 amide bonds. The van der Waals surface area contributed by atoms with E-state index in [0.717, 1.165) is 0 Å². The Kier molecular flexibility index (Phi) is 4.92. The smallest absolute Gasteiger partial charge is 0.383 e. The molecular formula is C11H17F3N2O3. The van der Waals surface area contributed by atoms with E-state index in [-0.39, 0.29) is 11.7 Å². The molecule has 0 aliphatic carbocycles. The van der Waals surface area contributed by atoms with E-state index >= 15 is 0 Å². The zero-order valence-corrected chi connectivity index (χ0v) is 11.0. The van der Waals surface area contributed by atoms with E-state index in [1.54, 1.807) is 13.8 Å². The maximum atomic E-state index is 12.2. The van der Waals surface area contributed by atoms with Crippen LogP contribution >= 0.6 is 0 Å². The maximum absolute atomic E-state index is 12.2. The number of alkyl halides is 3. The highest BCUT2D eigenvalue weighted by Gasteiger charge is 2.40. The van der Waals surface area contributed by atoms with Crippen LogP contribution in [0.4, 0.5) is 13.2 Å². The predicted octanol–water partition coefficient (Wildman–Crippen LogP) is 2.20. The SMILES string of the molecule is CCOC(C)(CC)c1noc(CC(O)C(F)(F)F)n1. The van der Waals surface area contributed by atoms with Gasteiger partial charge in [-0.2, -0.15) is 18.2 Å². The Morgan fingerprint density at radius 3 is 2.47 bits per heavy atom. The minimum absolute atomic E-state index is 0.182. The molecule has 0 fully saturated rings. The molecule has 0 aliphatic rings. The lowest BCUT2D eigenvalue weighted by Crippen LogP contribution is -2.31. The quantitative estimate of drug-likeness (QED) is 0.866. The molecule has 2 atom stereocenters. The van der Waals surface area contributed by atoms with Crippen molar-refractivity contribution < 1.29 is 27.5 Å². The van der Waals surface area contributed by atoms with Crippen LogP contribution in [-0.4, -0.2) is 34.1 Å². The molecule has 0 aromatic carbocycles. The number of ether oxygens (including phenoxy) is 1. The van der Waals surface area contributed by atoms with Gasteiger partial charge in [-0.05, 0) is 20.3 Å². The Morgan fingerprint density at radius 1 is 1.37 bits per heavy atom. The molecule has 110 valence electrons. The summed E-state index contributed by atoms with van der Waals surface area (Å²) in [4.78, 5) is 3.86. The van der Waals surface area contributed by atoms with E-state index in [1.807, 2.05) is 6.92 Å². The van der Waals surface area contributed by atoms with Gasteiger partial charge in [0.2, 0.25) is 11.7 Å². The fraction of sp³-hybridized carbons (Fsp3) is 0.818. The molecule has 0 bridgehead atoms. The van der Waals surface area contributed by atoms with Crippen LogP contribution in [-0.2, 0) is 16.8 Å². The van der Waals surface area contributed by atoms with Crippen molar-refractivity contribution in [1.29, 1.82) is 0 Å². The topological polar surface area (TPSA) is 68.4 Å². The fourth-order valence-electron chi connectivity index (χ4n) is 1.48. The van der Waals surface area contributed by atoms with Gasteiger partial charge in [0.25, 0.3) is 0 Å². The maximum Gasteiger partial charge on any atom is 0.414 e. The lowest BCUT2D eigenvalue weighted by atomic mass is 10.0. The van der Waals surface area contributed by atoms with Crippen molar-refractivity contribution in [1.82, 2.24) is 10.1 Å². The Labute approximate surface area is 108 Å². The molecule has 19 heavy (non-hydrogen) atoms. The van der Waals surface area contributed by atoms with Gasteiger partial charge in [-0.1, -0.05) is 12.1 Å². The first kappa shape index (κ1) is 15.9. The molecule has 0 radical (unpaired) electrons. The lowest BCUT2D eigenvalue weighted by molar-refractivity contribution is -0.204. The van der Waals surface area contributed by atoms with Crippen LogP contribution in [0.15, 0.2) is 4.52 Å². The third-order valence-corrected chi connectivity index (χ3v) is 2.82. The van der Waals surface area contributed by atoms with Crippen LogP contribution in [0.2, 0.25) is 0 Å². The third-order valence-electron chi connectivity index (χ3n) is 2.82. The monoisotopic (exact) mass is 282 g/mol. The number of hydrogen-bond donors (Lipinski definition) is 1. The van der Waals surface area contributed by atoms with Gasteiger partial charge in [0, 0.05) is 6.61 Å². The molecule has 1 aromatic heterocycles. The van der Waals surface area contributed by atoms with E-state index < -0.39 is 24.3 Å². The van der Waals surface area contributed by atoms with Gasteiger partial charge in [0.1, 0.15) is 5.60 Å². The molecule has 1 aromatic rings. The van der Waals surface area contributed by atoms with Crippen LogP contribution in [0, 0.1) is 0 Å². The van der Waals surface area contributed by atoms with E-state index in [4.69, 9.17) is 14.4 Å². The minimum atomic E-state index is -4.71. The van der Waals surface area contributed by atoms with Crippen molar-refractivity contribution in [2.45, 2.75) is 51.5 Å². The van der Waals surface area contributed by atoms with Crippen molar-refractivity contribution in [3.8, 4) is 0 Å². The van der Waals surface area contributed by atoms with Gasteiger partial charge in [0.15, 0.2) is 6.10 Å². The van der Waals surface area contributed by atoms with Crippen LogP contribution in [0.25, 0.3) is 0 Å². The Balaban J connectivity index is 2.82. The Bertz CT molecular complexity index is 408. The van der Waals surface area contributed by atoms with Gasteiger partial charge in [-0.3, -0.25) is 0 Å². The normalized spacial score (nSPS) is 17.2. The molecular weight excluding hydrogens is 265 g/mol. The van der Waals surface area contributed by atoms with Gasteiger partial charge in [-0.25, -0.2) is 0 Å². The number of aliphatic hydroxyl groups excluding tert-OH is 1. The van der Waals surface area contributed by atoms with E-state index in [2.05, 4.69) is 10.1 Å². The van der Waals surface area contributed by atoms with Crippen LogP contribution in [0.3, 0.4) is 0 Å². The summed E-state index contributed by atoms with van der Waals surface area (Å²) in [6, 6.07) is 0. The highest BCUT2D eigenvalue weighted by molar-refractivity contribution is 5.00. The largest absolute Gasteiger partial charge is 0.414 e. The van der Waals surface area contributed by atoms with Crippen molar-refractivity contribution in [3.63, 3.8) is 0 Å². The summed E-state index contributed by atoms with van der Waals surface area (Å²) in [5, 5.41) is 12.6. The second-order valence-corrected chi connectivity index (χ2v) is 4.29. The zero-order valence-electron chi connectivity index (χ0n) is 11.0. The Morgan fingerprint density at radius 2 is 2.00 bits per heavy atom. The molecule has 0 saturated carbocycles. The van der Waals surface area contributed by atoms with Gasteiger partial charge >= 0.3 is 6.18 Å². The molecule has 0 saturated heterocycles. The number of aromatic nitrogens is 2. The van der Waals surface area contributed by atoms with Crippen molar-refractivity contribution in [3.05, 3.63) is 11.7 Å². The van der Waals surface area contributed by atoms with Crippen molar-refractivity contribution >= 4 is 0 Å². The highest BCUT2D eigenvalue weighted by Crippen LogP contribution is 2.27. The van der Waals surface area contributed by atoms with Crippen molar-refractivity contribution in [2.75, 3.05) is 6.61 Å². The van der Waals surface area contributed by atoms with Gasteiger partial charge < -0.3 is 14.4 Å². The van der Waals surface area contributed by atoms with Crippen LogP contribution in [0.1, 0.15) is 38.9 Å². The molecule has 1 rings (SSSR count). The van der Waals surface area contributed by atoms with E-state index in [1.165, 1.54) is 0 Å². The number of aliphatic hydroxyl groups is 1. The first-order valence-corrected chi connectivity index (χ1v) is 5.94. The van der Waals surface area contributed by atoms with Crippen LogP contribution < -0.4 is 0 Å². The summed E-state index contributed by atoms with van der Waals surface area (Å²) in [5.41, 5.74) is -0.806. The molecule has 1 N–H and O–H groups in total. The summed E-state index contributed by atoms with van der Waals surface area (Å²) in [5.74, 6) is -0.0829. The first-order chi connectivity index (χ1) is 8.73. The number of rotatable bonds is 6.